The molecule has 1 atom stereocenters. The lowest BCUT2D eigenvalue weighted by molar-refractivity contribution is -0.147. The Hall–Kier alpha value is -2.15. The number of rotatable bonds is 3. The average molecular weight is 266 g/mol. The van der Waals surface area contributed by atoms with Gasteiger partial charge in [-0.05, 0) is 12.1 Å². The Kier molecular flexibility index (Phi) is 3.96. The lowest BCUT2D eigenvalue weighted by Gasteiger charge is -2.32. The molecule has 1 aromatic rings. The molecule has 19 heavy (non-hydrogen) atoms. The van der Waals surface area contributed by atoms with Gasteiger partial charge in [0.1, 0.15) is 5.56 Å². The number of methoxy groups -OCH3 is 1. The molecule has 0 bridgehead atoms. The standard InChI is InChI=1S/C12H14N2O5/c1-18-10-8(3-2-4-13-10)11(15)14-5-6-19-7-9(14)12(16)17/h2-4,9H,5-7H2,1H3,(H,16,17)/t9-/m0/s1. The summed E-state index contributed by atoms with van der Waals surface area (Å²) in [6.45, 7) is 0.537. The van der Waals surface area contributed by atoms with Crippen LogP contribution in [-0.4, -0.2) is 59.8 Å². The van der Waals surface area contributed by atoms with Crippen LogP contribution in [0.5, 0.6) is 5.88 Å². The SMILES string of the molecule is COc1ncccc1C(=O)N1CCOC[C@H]1C(=O)O. The topological polar surface area (TPSA) is 89.0 Å². The van der Waals surface area contributed by atoms with Gasteiger partial charge in [0, 0.05) is 12.7 Å². The fourth-order valence-electron chi connectivity index (χ4n) is 1.92. The number of hydrogen-bond acceptors (Lipinski definition) is 5. The van der Waals surface area contributed by atoms with E-state index >= 15 is 0 Å². The molecule has 2 heterocycles. The van der Waals surface area contributed by atoms with Crippen LogP contribution in [0.3, 0.4) is 0 Å². The largest absolute Gasteiger partial charge is 0.480 e. The third-order valence-electron chi connectivity index (χ3n) is 2.87. The summed E-state index contributed by atoms with van der Waals surface area (Å²) in [5.41, 5.74) is 0.248. The second kappa shape index (κ2) is 5.66. The minimum atomic E-state index is -1.09. The Morgan fingerprint density at radius 3 is 3.05 bits per heavy atom. The first-order valence-corrected chi connectivity index (χ1v) is 5.75. The van der Waals surface area contributed by atoms with Crippen molar-refractivity contribution in [2.75, 3.05) is 26.9 Å². The van der Waals surface area contributed by atoms with Crippen molar-refractivity contribution in [3.05, 3.63) is 23.9 Å². The van der Waals surface area contributed by atoms with Gasteiger partial charge in [-0.1, -0.05) is 0 Å². The predicted molar refractivity (Wildman–Crippen MR) is 64.1 cm³/mol. The summed E-state index contributed by atoms with van der Waals surface area (Å²) in [5, 5.41) is 9.11. The number of carbonyl (C=O) groups excluding carboxylic acids is 1. The zero-order valence-corrected chi connectivity index (χ0v) is 10.4. The van der Waals surface area contributed by atoms with Crippen molar-refractivity contribution >= 4 is 11.9 Å². The normalized spacial score (nSPS) is 19.0. The lowest BCUT2D eigenvalue weighted by atomic mass is 10.1. The molecule has 7 nitrogen and oxygen atoms in total. The number of aliphatic carboxylic acids is 1. The van der Waals surface area contributed by atoms with E-state index in [1.165, 1.54) is 18.2 Å². The molecule has 7 heteroatoms. The predicted octanol–water partition coefficient (Wildman–Crippen LogP) is 0.0158. The Labute approximate surface area is 109 Å². The van der Waals surface area contributed by atoms with Crippen LogP contribution in [0.2, 0.25) is 0 Å². The molecule has 102 valence electrons. The van der Waals surface area contributed by atoms with Crippen molar-refractivity contribution < 1.29 is 24.2 Å². The number of amides is 1. The Balaban J connectivity index is 2.29. The van der Waals surface area contributed by atoms with Gasteiger partial charge < -0.3 is 19.5 Å². The molecule has 1 aromatic heterocycles. The van der Waals surface area contributed by atoms with E-state index < -0.39 is 17.9 Å². The average Bonchev–Trinajstić information content (AvgIpc) is 2.46. The first kappa shape index (κ1) is 13.3. The van der Waals surface area contributed by atoms with Crippen LogP contribution >= 0.6 is 0 Å². The van der Waals surface area contributed by atoms with Crippen LogP contribution in [0.4, 0.5) is 0 Å². The summed E-state index contributed by atoms with van der Waals surface area (Å²) in [6, 6.07) is 2.18. The minimum absolute atomic E-state index is 0.0103. The maximum absolute atomic E-state index is 12.4. The minimum Gasteiger partial charge on any atom is -0.480 e. The second-order valence-electron chi connectivity index (χ2n) is 3.99. The molecule has 1 N–H and O–H groups in total. The highest BCUT2D eigenvalue weighted by Gasteiger charge is 2.34. The van der Waals surface area contributed by atoms with Crippen molar-refractivity contribution in [3.8, 4) is 5.88 Å². The van der Waals surface area contributed by atoms with E-state index in [2.05, 4.69) is 4.98 Å². The Morgan fingerprint density at radius 2 is 2.37 bits per heavy atom. The third-order valence-corrected chi connectivity index (χ3v) is 2.87. The van der Waals surface area contributed by atoms with E-state index in [4.69, 9.17) is 14.6 Å². The quantitative estimate of drug-likeness (QED) is 0.829. The summed E-state index contributed by atoms with van der Waals surface area (Å²) >= 11 is 0. The van der Waals surface area contributed by atoms with Crippen LogP contribution in [0.25, 0.3) is 0 Å². The van der Waals surface area contributed by atoms with E-state index in [1.54, 1.807) is 12.1 Å². The van der Waals surface area contributed by atoms with E-state index in [0.717, 1.165) is 0 Å². The van der Waals surface area contributed by atoms with Crippen molar-refractivity contribution in [2.24, 2.45) is 0 Å². The van der Waals surface area contributed by atoms with E-state index in [1.807, 2.05) is 0 Å². The van der Waals surface area contributed by atoms with Crippen LogP contribution < -0.4 is 4.74 Å². The van der Waals surface area contributed by atoms with Crippen LogP contribution in [0.1, 0.15) is 10.4 Å². The molecule has 1 amide bonds. The third kappa shape index (κ3) is 2.65. The number of hydrogen-bond donors (Lipinski definition) is 1. The zero-order chi connectivity index (χ0) is 13.8. The number of morpholine rings is 1. The number of carboxylic acids is 1. The number of pyridine rings is 1. The van der Waals surface area contributed by atoms with Gasteiger partial charge in [-0.15, -0.1) is 0 Å². The van der Waals surface area contributed by atoms with Gasteiger partial charge >= 0.3 is 5.97 Å². The number of nitrogens with zero attached hydrogens (tertiary/aromatic N) is 2. The highest BCUT2D eigenvalue weighted by atomic mass is 16.5. The van der Waals surface area contributed by atoms with Crippen LogP contribution in [-0.2, 0) is 9.53 Å². The Morgan fingerprint density at radius 1 is 1.58 bits per heavy atom. The smallest absolute Gasteiger partial charge is 0.328 e. The molecule has 1 aliphatic heterocycles. The molecule has 0 unspecified atom stereocenters. The van der Waals surface area contributed by atoms with Crippen molar-refractivity contribution in [2.45, 2.75) is 6.04 Å². The number of carboxylic acid groups (broad SMARTS) is 1. The van der Waals surface area contributed by atoms with Gasteiger partial charge in [-0.2, -0.15) is 0 Å². The monoisotopic (exact) mass is 266 g/mol. The van der Waals surface area contributed by atoms with E-state index in [9.17, 15) is 9.59 Å². The molecule has 0 aliphatic carbocycles. The van der Waals surface area contributed by atoms with Gasteiger partial charge in [-0.25, -0.2) is 9.78 Å². The molecule has 0 aromatic carbocycles. The van der Waals surface area contributed by atoms with E-state index in [-0.39, 0.29) is 24.6 Å². The summed E-state index contributed by atoms with van der Waals surface area (Å²) in [4.78, 5) is 28.7. The molecule has 1 aliphatic rings. The number of ether oxygens (including phenoxy) is 2. The van der Waals surface area contributed by atoms with Gasteiger partial charge in [0.15, 0.2) is 6.04 Å². The van der Waals surface area contributed by atoms with Crippen molar-refractivity contribution in [3.63, 3.8) is 0 Å². The summed E-state index contributed by atoms with van der Waals surface area (Å²) in [6.07, 6.45) is 1.50. The highest BCUT2D eigenvalue weighted by Crippen LogP contribution is 2.19. The molecule has 0 spiro atoms. The van der Waals surface area contributed by atoms with Crippen molar-refractivity contribution in [1.29, 1.82) is 0 Å². The van der Waals surface area contributed by atoms with Gasteiger partial charge in [0.2, 0.25) is 5.88 Å². The van der Waals surface area contributed by atoms with Crippen LogP contribution in [0, 0.1) is 0 Å². The van der Waals surface area contributed by atoms with Gasteiger partial charge in [-0.3, -0.25) is 4.79 Å². The second-order valence-corrected chi connectivity index (χ2v) is 3.99. The van der Waals surface area contributed by atoms with Crippen LogP contribution in [0.15, 0.2) is 18.3 Å². The zero-order valence-electron chi connectivity index (χ0n) is 10.4. The fraction of sp³-hybridized carbons (Fsp3) is 0.417. The number of carbonyl (C=O) groups is 2. The van der Waals surface area contributed by atoms with Crippen molar-refractivity contribution in [1.82, 2.24) is 9.88 Å². The summed E-state index contributed by atoms with van der Waals surface area (Å²) < 4.78 is 10.1. The number of aromatic nitrogens is 1. The first-order chi connectivity index (χ1) is 9.15. The fourth-order valence-corrected chi connectivity index (χ4v) is 1.92. The highest BCUT2D eigenvalue weighted by molar-refractivity contribution is 5.98. The lowest BCUT2D eigenvalue weighted by Crippen LogP contribution is -2.52. The maximum atomic E-state index is 12.4. The molecule has 2 rings (SSSR count). The molecule has 0 radical (unpaired) electrons. The maximum Gasteiger partial charge on any atom is 0.328 e. The first-order valence-electron chi connectivity index (χ1n) is 5.75. The summed E-state index contributed by atoms with van der Waals surface area (Å²) in [7, 11) is 1.41. The van der Waals surface area contributed by atoms with Gasteiger partial charge in [0.05, 0.1) is 20.3 Å². The molecular weight excluding hydrogens is 252 g/mol. The summed E-state index contributed by atoms with van der Waals surface area (Å²) in [5.74, 6) is -1.32. The van der Waals surface area contributed by atoms with E-state index in [0.29, 0.717) is 6.61 Å². The molecule has 1 saturated heterocycles. The molecule has 0 saturated carbocycles. The Bertz CT molecular complexity index is 491. The molecule has 1 fully saturated rings. The molecular formula is C12H14N2O5. The van der Waals surface area contributed by atoms with Gasteiger partial charge in [0.25, 0.3) is 5.91 Å².